The average molecular weight is 291 g/mol. The number of nitrogens with zero attached hydrogens (tertiary/aromatic N) is 1. The van der Waals surface area contributed by atoms with E-state index in [2.05, 4.69) is 11.9 Å². The van der Waals surface area contributed by atoms with Gasteiger partial charge in [0.25, 0.3) is 0 Å². The van der Waals surface area contributed by atoms with Gasteiger partial charge in [0.05, 0.1) is 12.3 Å². The molecule has 1 aromatic carbocycles. The van der Waals surface area contributed by atoms with Gasteiger partial charge in [-0.15, -0.1) is 11.3 Å². The van der Waals surface area contributed by atoms with Gasteiger partial charge in [0.1, 0.15) is 9.88 Å². The maximum Gasteiger partial charge on any atom is 0.347 e. The van der Waals surface area contributed by atoms with E-state index >= 15 is 0 Å². The van der Waals surface area contributed by atoms with Crippen molar-refractivity contribution in [3.63, 3.8) is 0 Å². The first-order chi connectivity index (χ1) is 9.61. The number of aromatic carboxylic acids is 1. The molecule has 0 saturated carbocycles. The molecule has 0 bridgehead atoms. The van der Waals surface area contributed by atoms with E-state index in [1.165, 1.54) is 11.3 Å². The highest BCUT2D eigenvalue weighted by Crippen LogP contribution is 2.28. The number of benzene rings is 1. The van der Waals surface area contributed by atoms with Crippen LogP contribution >= 0.6 is 11.3 Å². The second-order valence-electron chi connectivity index (χ2n) is 4.49. The van der Waals surface area contributed by atoms with Crippen LogP contribution in [-0.2, 0) is 11.3 Å². The lowest BCUT2D eigenvalue weighted by Gasteiger charge is -2.03. The zero-order chi connectivity index (χ0) is 14.5. The van der Waals surface area contributed by atoms with Crippen molar-refractivity contribution in [2.45, 2.75) is 26.9 Å². The smallest absolute Gasteiger partial charge is 0.347 e. The summed E-state index contributed by atoms with van der Waals surface area (Å²) < 4.78 is 5.48. The van der Waals surface area contributed by atoms with E-state index in [0.717, 1.165) is 29.2 Å². The summed E-state index contributed by atoms with van der Waals surface area (Å²) in [6.07, 6.45) is 1.01. The summed E-state index contributed by atoms with van der Waals surface area (Å²) in [5.74, 6) is -0.921. The summed E-state index contributed by atoms with van der Waals surface area (Å²) in [5.41, 5.74) is 2.60. The maximum absolute atomic E-state index is 11.0. The first kappa shape index (κ1) is 14.7. The van der Waals surface area contributed by atoms with E-state index < -0.39 is 5.97 Å². The lowest BCUT2D eigenvalue weighted by Crippen LogP contribution is -1.94. The molecule has 5 heteroatoms. The molecule has 1 N–H and O–H groups in total. The molecule has 0 fully saturated rings. The van der Waals surface area contributed by atoms with Crippen molar-refractivity contribution < 1.29 is 14.6 Å². The Morgan fingerprint density at radius 3 is 2.60 bits per heavy atom. The van der Waals surface area contributed by atoms with Gasteiger partial charge < -0.3 is 9.84 Å². The third-order valence-corrected chi connectivity index (χ3v) is 4.00. The van der Waals surface area contributed by atoms with Crippen LogP contribution in [0.15, 0.2) is 24.3 Å². The highest BCUT2D eigenvalue weighted by Gasteiger charge is 2.14. The van der Waals surface area contributed by atoms with Gasteiger partial charge >= 0.3 is 5.97 Å². The number of carbonyl (C=O) groups is 1. The zero-order valence-electron chi connectivity index (χ0n) is 11.5. The van der Waals surface area contributed by atoms with Gasteiger partial charge in [-0.1, -0.05) is 31.2 Å². The van der Waals surface area contributed by atoms with Crippen LogP contribution in [0, 0.1) is 6.92 Å². The Balaban J connectivity index is 2.13. The number of thiazole rings is 1. The number of ether oxygens (including phenoxy) is 1. The van der Waals surface area contributed by atoms with Crippen LogP contribution in [0.1, 0.15) is 34.3 Å². The molecule has 0 spiro atoms. The minimum atomic E-state index is -0.921. The SMILES string of the molecule is CCCOCc1ccc(-c2nc(C)c(C(=O)O)s2)cc1. The topological polar surface area (TPSA) is 59.4 Å². The summed E-state index contributed by atoms with van der Waals surface area (Å²) in [4.78, 5) is 15.6. The predicted molar refractivity (Wildman–Crippen MR) is 79.2 cm³/mol. The zero-order valence-corrected chi connectivity index (χ0v) is 12.4. The molecule has 0 saturated heterocycles. The van der Waals surface area contributed by atoms with Crippen LogP contribution < -0.4 is 0 Å². The minimum absolute atomic E-state index is 0.301. The number of hydrogen-bond donors (Lipinski definition) is 1. The molecule has 0 radical (unpaired) electrons. The van der Waals surface area contributed by atoms with Crippen LogP contribution in [0.4, 0.5) is 0 Å². The van der Waals surface area contributed by atoms with Crippen LogP contribution in [0.3, 0.4) is 0 Å². The second-order valence-corrected chi connectivity index (χ2v) is 5.49. The third kappa shape index (κ3) is 3.43. The average Bonchev–Trinajstić information content (AvgIpc) is 2.82. The van der Waals surface area contributed by atoms with E-state index in [0.29, 0.717) is 17.2 Å². The molecule has 106 valence electrons. The molecule has 1 heterocycles. The van der Waals surface area contributed by atoms with Crippen molar-refractivity contribution >= 4 is 17.3 Å². The number of carboxylic acid groups (broad SMARTS) is 1. The van der Waals surface area contributed by atoms with Crippen molar-refractivity contribution in [2.24, 2.45) is 0 Å². The highest BCUT2D eigenvalue weighted by atomic mass is 32.1. The van der Waals surface area contributed by atoms with Gasteiger partial charge in [0.15, 0.2) is 0 Å². The molecule has 20 heavy (non-hydrogen) atoms. The summed E-state index contributed by atoms with van der Waals surface area (Å²) >= 11 is 1.21. The van der Waals surface area contributed by atoms with Gasteiger partial charge in [0.2, 0.25) is 0 Å². The monoisotopic (exact) mass is 291 g/mol. The Kier molecular flexibility index (Phi) is 4.87. The fourth-order valence-electron chi connectivity index (χ4n) is 1.80. The Hall–Kier alpha value is -1.72. The van der Waals surface area contributed by atoms with Gasteiger partial charge in [-0.05, 0) is 18.9 Å². The van der Waals surface area contributed by atoms with E-state index in [1.807, 2.05) is 24.3 Å². The lowest BCUT2D eigenvalue weighted by molar-refractivity contribution is 0.0701. The normalized spacial score (nSPS) is 10.7. The van der Waals surface area contributed by atoms with E-state index in [4.69, 9.17) is 9.84 Å². The second kappa shape index (κ2) is 6.63. The molecule has 0 aliphatic carbocycles. The van der Waals surface area contributed by atoms with Crippen LogP contribution in [0.2, 0.25) is 0 Å². The first-order valence-electron chi connectivity index (χ1n) is 6.49. The Morgan fingerprint density at radius 1 is 1.35 bits per heavy atom. The van der Waals surface area contributed by atoms with Crippen LogP contribution in [0.5, 0.6) is 0 Å². The molecule has 0 aliphatic rings. The predicted octanol–water partition coefficient (Wildman–Crippen LogP) is 3.74. The number of rotatable bonds is 6. The number of carboxylic acids is 1. The number of aromatic nitrogens is 1. The van der Waals surface area contributed by atoms with Crippen molar-refractivity contribution in [1.82, 2.24) is 4.98 Å². The molecule has 0 amide bonds. The Labute approximate surface area is 122 Å². The maximum atomic E-state index is 11.0. The van der Waals surface area contributed by atoms with E-state index in [-0.39, 0.29) is 0 Å². The molecular formula is C15H17NO3S. The largest absolute Gasteiger partial charge is 0.477 e. The molecular weight excluding hydrogens is 274 g/mol. The van der Waals surface area contributed by atoms with E-state index in [1.54, 1.807) is 6.92 Å². The third-order valence-electron chi connectivity index (χ3n) is 2.81. The molecule has 0 atom stereocenters. The van der Waals surface area contributed by atoms with E-state index in [9.17, 15) is 4.79 Å². The fraction of sp³-hybridized carbons (Fsp3) is 0.333. The van der Waals surface area contributed by atoms with Crippen molar-refractivity contribution in [3.05, 3.63) is 40.4 Å². The summed E-state index contributed by atoms with van der Waals surface area (Å²) in [7, 11) is 0. The molecule has 0 aliphatic heterocycles. The van der Waals surface area contributed by atoms with Crippen molar-refractivity contribution in [2.75, 3.05) is 6.61 Å². The molecule has 1 aromatic heterocycles. The van der Waals surface area contributed by atoms with Crippen LogP contribution in [0.25, 0.3) is 10.6 Å². The Morgan fingerprint density at radius 2 is 2.05 bits per heavy atom. The quantitative estimate of drug-likeness (QED) is 0.824. The molecule has 4 nitrogen and oxygen atoms in total. The van der Waals surface area contributed by atoms with Gasteiger partial charge in [-0.3, -0.25) is 0 Å². The van der Waals surface area contributed by atoms with Gasteiger partial charge in [0, 0.05) is 12.2 Å². The summed E-state index contributed by atoms with van der Waals surface area (Å²) in [6, 6.07) is 7.88. The van der Waals surface area contributed by atoms with Gasteiger partial charge in [-0.2, -0.15) is 0 Å². The van der Waals surface area contributed by atoms with Gasteiger partial charge in [-0.25, -0.2) is 9.78 Å². The number of aryl methyl sites for hydroxylation is 1. The summed E-state index contributed by atoms with van der Waals surface area (Å²) in [6.45, 7) is 5.16. The standard InChI is InChI=1S/C15H17NO3S/c1-3-8-19-9-11-4-6-12(7-5-11)14-16-10(2)13(20-14)15(17)18/h4-7H,3,8-9H2,1-2H3,(H,17,18). The Bertz CT molecular complexity index is 590. The lowest BCUT2D eigenvalue weighted by atomic mass is 10.1. The van der Waals surface area contributed by atoms with Crippen molar-refractivity contribution in [3.8, 4) is 10.6 Å². The molecule has 2 aromatic rings. The van der Waals surface area contributed by atoms with Crippen LogP contribution in [-0.4, -0.2) is 22.7 Å². The fourth-order valence-corrected chi connectivity index (χ4v) is 2.71. The minimum Gasteiger partial charge on any atom is -0.477 e. The highest BCUT2D eigenvalue weighted by molar-refractivity contribution is 7.17. The molecule has 0 unspecified atom stereocenters. The number of hydrogen-bond acceptors (Lipinski definition) is 4. The summed E-state index contributed by atoms with van der Waals surface area (Å²) in [5, 5.41) is 9.78. The molecule has 2 rings (SSSR count). The first-order valence-corrected chi connectivity index (χ1v) is 7.31. The van der Waals surface area contributed by atoms with Crippen molar-refractivity contribution in [1.29, 1.82) is 0 Å².